The van der Waals surface area contributed by atoms with E-state index in [0.717, 1.165) is 23.7 Å². The van der Waals surface area contributed by atoms with Gasteiger partial charge in [0, 0.05) is 17.8 Å². The molecule has 1 aliphatic heterocycles. The van der Waals surface area contributed by atoms with Crippen molar-refractivity contribution in [2.45, 2.75) is 31.9 Å². The van der Waals surface area contributed by atoms with Gasteiger partial charge in [0.1, 0.15) is 5.01 Å². The van der Waals surface area contributed by atoms with Crippen LogP contribution in [-0.4, -0.2) is 22.7 Å². The van der Waals surface area contributed by atoms with Gasteiger partial charge in [0.25, 0.3) is 0 Å². The molecule has 0 amide bonds. The maximum atomic E-state index is 8.84. The summed E-state index contributed by atoms with van der Waals surface area (Å²) in [5.41, 5.74) is 1.12. The number of nitrogens with zero attached hydrogens (tertiary/aromatic N) is 1. The molecular weight excluding hydrogens is 184 g/mol. The number of aliphatic hydroxyl groups is 1. The van der Waals surface area contributed by atoms with Crippen molar-refractivity contribution in [2.75, 3.05) is 6.54 Å². The molecule has 1 saturated heterocycles. The first-order valence-electron chi connectivity index (χ1n) is 4.66. The standard InChI is InChI=1S/C9H14N2OS/c12-5-9-11-8(6-13-9)4-7-2-1-3-10-7/h6-7,10,12H,1-5H2. The molecule has 1 aromatic rings. The minimum atomic E-state index is 0.0722. The Labute approximate surface area is 81.8 Å². The molecule has 1 aliphatic rings. The monoisotopic (exact) mass is 198 g/mol. The van der Waals surface area contributed by atoms with Crippen LogP contribution >= 0.6 is 11.3 Å². The Balaban J connectivity index is 1.92. The minimum Gasteiger partial charge on any atom is -0.389 e. The second-order valence-corrected chi connectivity index (χ2v) is 4.33. The first kappa shape index (κ1) is 9.12. The van der Waals surface area contributed by atoms with E-state index in [1.165, 1.54) is 12.8 Å². The highest BCUT2D eigenvalue weighted by Gasteiger charge is 2.15. The van der Waals surface area contributed by atoms with Gasteiger partial charge in [0.15, 0.2) is 0 Å². The van der Waals surface area contributed by atoms with Crippen LogP contribution in [0.5, 0.6) is 0 Å². The second kappa shape index (κ2) is 4.17. The van der Waals surface area contributed by atoms with Crippen molar-refractivity contribution in [3.05, 3.63) is 16.1 Å². The molecule has 0 saturated carbocycles. The lowest BCUT2D eigenvalue weighted by molar-refractivity contribution is 0.281. The summed E-state index contributed by atoms with van der Waals surface area (Å²) in [7, 11) is 0. The van der Waals surface area contributed by atoms with Gasteiger partial charge in [-0.05, 0) is 19.4 Å². The molecule has 0 aromatic carbocycles. The van der Waals surface area contributed by atoms with Crippen molar-refractivity contribution < 1.29 is 5.11 Å². The third-order valence-electron chi connectivity index (χ3n) is 2.35. The Morgan fingerprint density at radius 1 is 1.69 bits per heavy atom. The van der Waals surface area contributed by atoms with Crippen molar-refractivity contribution in [2.24, 2.45) is 0 Å². The number of hydrogen-bond donors (Lipinski definition) is 2. The summed E-state index contributed by atoms with van der Waals surface area (Å²) in [6, 6.07) is 0.605. The third kappa shape index (κ3) is 2.27. The van der Waals surface area contributed by atoms with Gasteiger partial charge in [-0.1, -0.05) is 0 Å². The number of aliphatic hydroxyl groups excluding tert-OH is 1. The van der Waals surface area contributed by atoms with Gasteiger partial charge in [0.2, 0.25) is 0 Å². The Morgan fingerprint density at radius 3 is 3.23 bits per heavy atom. The van der Waals surface area contributed by atoms with Crippen molar-refractivity contribution in [3.8, 4) is 0 Å². The molecule has 72 valence electrons. The topological polar surface area (TPSA) is 45.2 Å². The molecule has 13 heavy (non-hydrogen) atoms. The molecule has 4 heteroatoms. The molecule has 1 unspecified atom stereocenters. The fourth-order valence-electron chi connectivity index (χ4n) is 1.70. The van der Waals surface area contributed by atoms with Crippen molar-refractivity contribution in [3.63, 3.8) is 0 Å². The third-order valence-corrected chi connectivity index (χ3v) is 3.23. The zero-order chi connectivity index (χ0) is 9.10. The Bertz CT molecular complexity index is 268. The zero-order valence-corrected chi connectivity index (χ0v) is 8.31. The molecule has 2 heterocycles. The zero-order valence-electron chi connectivity index (χ0n) is 7.49. The van der Waals surface area contributed by atoms with Gasteiger partial charge in [0.05, 0.1) is 12.3 Å². The van der Waals surface area contributed by atoms with Crippen molar-refractivity contribution >= 4 is 11.3 Å². The molecule has 0 spiro atoms. The number of nitrogens with one attached hydrogen (secondary N) is 1. The average Bonchev–Trinajstić information content (AvgIpc) is 2.76. The Kier molecular flexibility index (Phi) is 2.93. The van der Waals surface area contributed by atoms with Crippen LogP contribution in [0, 0.1) is 0 Å². The summed E-state index contributed by atoms with van der Waals surface area (Å²) in [6.45, 7) is 1.21. The molecular formula is C9H14N2OS. The normalized spacial score (nSPS) is 22.4. The summed E-state index contributed by atoms with van der Waals surface area (Å²) in [4.78, 5) is 4.32. The Morgan fingerprint density at radius 2 is 2.62 bits per heavy atom. The molecule has 1 aromatic heterocycles. The predicted octanol–water partition coefficient (Wildman–Crippen LogP) is 0.930. The maximum Gasteiger partial charge on any atom is 0.118 e. The quantitative estimate of drug-likeness (QED) is 0.759. The number of hydrogen-bond acceptors (Lipinski definition) is 4. The average molecular weight is 198 g/mol. The van der Waals surface area contributed by atoms with Crippen LogP contribution in [0.2, 0.25) is 0 Å². The molecule has 1 atom stereocenters. The van der Waals surface area contributed by atoms with Gasteiger partial charge < -0.3 is 10.4 Å². The SMILES string of the molecule is OCc1nc(CC2CCCN2)cs1. The summed E-state index contributed by atoms with van der Waals surface area (Å²) in [6.07, 6.45) is 3.55. The van der Waals surface area contributed by atoms with E-state index < -0.39 is 0 Å². The van der Waals surface area contributed by atoms with Gasteiger partial charge in [-0.3, -0.25) is 0 Å². The summed E-state index contributed by atoms with van der Waals surface area (Å²) in [5, 5.41) is 15.2. The number of rotatable bonds is 3. The van der Waals surface area contributed by atoms with Crippen LogP contribution in [0.1, 0.15) is 23.5 Å². The molecule has 1 fully saturated rings. The highest BCUT2D eigenvalue weighted by molar-refractivity contribution is 7.09. The lowest BCUT2D eigenvalue weighted by Crippen LogP contribution is -2.23. The fraction of sp³-hybridized carbons (Fsp3) is 0.667. The van der Waals surface area contributed by atoms with Gasteiger partial charge >= 0.3 is 0 Å². The van der Waals surface area contributed by atoms with Crippen LogP contribution in [0.25, 0.3) is 0 Å². The molecule has 2 N–H and O–H groups in total. The highest BCUT2D eigenvalue weighted by atomic mass is 32.1. The van der Waals surface area contributed by atoms with E-state index in [0.29, 0.717) is 6.04 Å². The van der Waals surface area contributed by atoms with Gasteiger partial charge in [-0.25, -0.2) is 4.98 Å². The summed E-state index contributed by atoms with van der Waals surface area (Å²) >= 11 is 1.54. The van der Waals surface area contributed by atoms with E-state index in [2.05, 4.69) is 10.3 Å². The van der Waals surface area contributed by atoms with Crippen LogP contribution < -0.4 is 5.32 Å². The first-order chi connectivity index (χ1) is 6.38. The lowest BCUT2D eigenvalue weighted by Gasteiger charge is -2.06. The first-order valence-corrected chi connectivity index (χ1v) is 5.54. The van der Waals surface area contributed by atoms with E-state index in [-0.39, 0.29) is 6.61 Å². The van der Waals surface area contributed by atoms with E-state index >= 15 is 0 Å². The van der Waals surface area contributed by atoms with E-state index in [1.54, 1.807) is 11.3 Å². The van der Waals surface area contributed by atoms with Crippen LogP contribution in [0.15, 0.2) is 5.38 Å². The highest BCUT2D eigenvalue weighted by Crippen LogP contribution is 2.15. The second-order valence-electron chi connectivity index (χ2n) is 3.39. The van der Waals surface area contributed by atoms with E-state index in [4.69, 9.17) is 5.11 Å². The molecule has 0 radical (unpaired) electrons. The van der Waals surface area contributed by atoms with Crippen LogP contribution in [0.4, 0.5) is 0 Å². The van der Waals surface area contributed by atoms with Crippen molar-refractivity contribution in [1.82, 2.24) is 10.3 Å². The molecule has 0 aliphatic carbocycles. The molecule has 2 rings (SSSR count). The van der Waals surface area contributed by atoms with E-state index in [1.807, 2.05) is 5.38 Å². The lowest BCUT2D eigenvalue weighted by atomic mass is 10.1. The summed E-state index contributed by atoms with van der Waals surface area (Å²) < 4.78 is 0. The molecule has 3 nitrogen and oxygen atoms in total. The fourth-order valence-corrected chi connectivity index (χ4v) is 2.36. The van der Waals surface area contributed by atoms with Crippen LogP contribution in [-0.2, 0) is 13.0 Å². The van der Waals surface area contributed by atoms with Gasteiger partial charge in [-0.15, -0.1) is 11.3 Å². The van der Waals surface area contributed by atoms with Gasteiger partial charge in [-0.2, -0.15) is 0 Å². The maximum absolute atomic E-state index is 8.84. The van der Waals surface area contributed by atoms with E-state index in [9.17, 15) is 0 Å². The van der Waals surface area contributed by atoms with Crippen LogP contribution in [0.3, 0.4) is 0 Å². The number of thiazole rings is 1. The minimum absolute atomic E-state index is 0.0722. The smallest absolute Gasteiger partial charge is 0.118 e. The Hall–Kier alpha value is -0.450. The summed E-state index contributed by atoms with van der Waals surface area (Å²) in [5.74, 6) is 0. The predicted molar refractivity (Wildman–Crippen MR) is 52.8 cm³/mol. The molecule has 0 bridgehead atoms. The largest absolute Gasteiger partial charge is 0.389 e. The van der Waals surface area contributed by atoms with Crippen molar-refractivity contribution in [1.29, 1.82) is 0 Å². The number of aromatic nitrogens is 1.